The largest absolute Gasteiger partial charge is 0.854 e. The SMILES string of the molecule is [O-]/C(=N\[n+]1ccc2ccccc2c1)c1cnc(OCC(F)(F)C(F)(F)C(F)(F)C(F)(F)F)c(Cl)c1. The number of alkyl halides is 9. The first-order valence-corrected chi connectivity index (χ1v) is 9.59. The highest BCUT2D eigenvalue weighted by atomic mass is 35.5. The molecular weight excluding hydrogens is 521 g/mol. The van der Waals surface area contributed by atoms with E-state index in [1.807, 2.05) is 6.07 Å². The second kappa shape index (κ2) is 9.06. The van der Waals surface area contributed by atoms with Crippen LogP contribution < -0.4 is 14.5 Å². The van der Waals surface area contributed by atoms with Crippen LogP contribution >= 0.6 is 11.6 Å². The number of aromatic nitrogens is 2. The normalized spacial score (nSPS) is 13.8. The van der Waals surface area contributed by atoms with Gasteiger partial charge in [0.15, 0.2) is 6.61 Å². The summed E-state index contributed by atoms with van der Waals surface area (Å²) >= 11 is 5.71. The average molecular weight is 532 g/mol. The third kappa shape index (κ3) is 5.06. The number of benzene rings is 1. The van der Waals surface area contributed by atoms with Gasteiger partial charge in [0.05, 0.1) is 5.90 Å². The fourth-order valence-corrected chi connectivity index (χ4v) is 2.87. The zero-order valence-electron chi connectivity index (χ0n) is 16.8. The standard InChI is InChI=1S/C20H11ClF9N3O2/c21-14-7-13(15(34)32-33-6-5-11-3-1-2-4-12(11)9-33)8-31-16(14)35-10-17(22,23)18(24,25)19(26,27)20(28,29)30/h1-9H,10H2. The number of hydrogen-bond acceptors (Lipinski definition) is 4. The zero-order valence-corrected chi connectivity index (χ0v) is 17.6. The van der Waals surface area contributed by atoms with Gasteiger partial charge in [0.25, 0.3) is 0 Å². The molecule has 188 valence electrons. The molecule has 0 atom stereocenters. The molecule has 15 heteroatoms. The van der Waals surface area contributed by atoms with E-state index in [2.05, 4.69) is 14.8 Å². The Morgan fingerprint density at radius 3 is 2.20 bits per heavy atom. The minimum atomic E-state index is -7.05. The van der Waals surface area contributed by atoms with E-state index >= 15 is 0 Å². The summed E-state index contributed by atoms with van der Waals surface area (Å²) in [6, 6.07) is 9.57. The first-order valence-electron chi connectivity index (χ1n) is 9.22. The molecule has 2 aromatic heterocycles. The maximum absolute atomic E-state index is 13.6. The highest BCUT2D eigenvalue weighted by Crippen LogP contribution is 2.53. The molecule has 0 N–H and O–H groups in total. The molecule has 3 rings (SSSR count). The Kier molecular flexibility index (Phi) is 6.81. The summed E-state index contributed by atoms with van der Waals surface area (Å²) in [7, 11) is 0. The lowest BCUT2D eigenvalue weighted by Gasteiger charge is -2.33. The Morgan fingerprint density at radius 1 is 0.971 bits per heavy atom. The third-order valence-corrected chi connectivity index (χ3v) is 4.81. The van der Waals surface area contributed by atoms with E-state index < -0.39 is 47.4 Å². The van der Waals surface area contributed by atoms with Crippen molar-refractivity contribution in [2.45, 2.75) is 23.9 Å². The van der Waals surface area contributed by atoms with Gasteiger partial charge < -0.3 is 9.84 Å². The zero-order chi connectivity index (χ0) is 26.2. The number of ether oxygens (including phenoxy) is 1. The van der Waals surface area contributed by atoms with E-state index in [1.165, 1.54) is 12.4 Å². The van der Waals surface area contributed by atoms with E-state index in [1.54, 1.807) is 24.3 Å². The molecule has 0 saturated carbocycles. The van der Waals surface area contributed by atoms with Crippen LogP contribution in [0.25, 0.3) is 10.8 Å². The van der Waals surface area contributed by atoms with E-state index in [0.717, 1.165) is 21.5 Å². The average Bonchev–Trinajstić information content (AvgIpc) is 2.77. The molecule has 0 fully saturated rings. The maximum Gasteiger partial charge on any atom is 0.460 e. The highest BCUT2D eigenvalue weighted by Gasteiger charge is 2.81. The van der Waals surface area contributed by atoms with Crippen molar-refractivity contribution in [2.24, 2.45) is 5.10 Å². The van der Waals surface area contributed by atoms with E-state index in [-0.39, 0.29) is 5.56 Å². The Balaban J connectivity index is 1.78. The third-order valence-electron chi connectivity index (χ3n) is 4.53. The quantitative estimate of drug-likeness (QED) is 0.194. The molecule has 0 radical (unpaired) electrons. The van der Waals surface area contributed by atoms with Crippen molar-refractivity contribution in [3.05, 3.63) is 65.6 Å². The summed E-state index contributed by atoms with van der Waals surface area (Å²) in [5.41, 5.74) is -0.302. The second-order valence-electron chi connectivity index (χ2n) is 7.01. The molecule has 35 heavy (non-hydrogen) atoms. The van der Waals surface area contributed by atoms with E-state index in [9.17, 15) is 44.6 Å². The van der Waals surface area contributed by atoms with Gasteiger partial charge in [0, 0.05) is 23.2 Å². The predicted molar refractivity (Wildman–Crippen MR) is 102 cm³/mol. The van der Waals surface area contributed by atoms with Crippen LogP contribution in [-0.2, 0) is 0 Å². The molecule has 0 aliphatic rings. The first-order chi connectivity index (χ1) is 16.1. The fourth-order valence-electron chi connectivity index (χ4n) is 2.65. The molecule has 3 aromatic rings. The fraction of sp³-hybridized carbons (Fsp3) is 0.250. The van der Waals surface area contributed by atoms with Crippen molar-refractivity contribution in [3.8, 4) is 5.88 Å². The number of hydrogen-bond donors (Lipinski definition) is 0. The Bertz CT molecular complexity index is 1270. The number of pyridine rings is 2. The van der Waals surface area contributed by atoms with Crippen LogP contribution in [-0.4, -0.2) is 41.4 Å². The molecule has 0 unspecified atom stereocenters. The topological polar surface area (TPSA) is 61.4 Å². The lowest BCUT2D eigenvalue weighted by molar-refractivity contribution is -0.680. The van der Waals surface area contributed by atoms with Gasteiger partial charge in [-0.3, -0.25) is 0 Å². The predicted octanol–water partition coefficient (Wildman–Crippen LogP) is 4.59. The Hall–Kier alpha value is -3.29. The van der Waals surface area contributed by atoms with Crippen LogP contribution in [0.15, 0.2) is 60.1 Å². The van der Waals surface area contributed by atoms with Gasteiger partial charge in [-0.05, 0) is 22.6 Å². The van der Waals surface area contributed by atoms with Crippen LogP contribution in [0.3, 0.4) is 0 Å². The summed E-state index contributed by atoms with van der Waals surface area (Å²) in [6.07, 6.45) is -3.29. The molecule has 0 aliphatic carbocycles. The van der Waals surface area contributed by atoms with Gasteiger partial charge >= 0.3 is 23.9 Å². The summed E-state index contributed by atoms with van der Waals surface area (Å²) in [6.45, 7) is -2.62. The van der Waals surface area contributed by atoms with Crippen LogP contribution in [0.2, 0.25) is 5.02 Å². The van der Waals surface area contributed by atoms with Gasteiger partial charge in [-0.15, -0.1) is 0 Å². The Morgan fingerprint density at radius 2 is 1.60 bits per heavy atom. The summed E-state index contributed by atoms with van der Waals surface area (Å²) in [5.74, 6) is -21.8. The monoisotopic (exact) mass is 531 g/mol. The first kappa shape index (κ1) is 26.3. The van der Waals surface area contributed by atoms with Crippen molar-refractivity contribution >= 4 is 28.3 Å². The Labute approximate surface area is 195 Å². The van der Waals surface area contributed by atoms with Crippen LogP contribution in [0.1, 0.15) is 5.56 Å². The van der Waals surface area contributed by atoms with Crippen LogP contribution in [0.4, 0.5) is 39.5 Å². The van der Waals surface area contributed by atoms with Gasteiger partial charge in [-0.2, -0.15) is 39.5 Å². The molecule has 0 amide bonds. The van der Waals surface area contributed by atoms with Crippen molar-refractivity contribution in [3.63, 3.8) is 0 Å². The van der Waals surface area contributed by atoms with Gasteiger partial charge in [0.1, 0.15) is 5.02 Å². The number of nitrogens with zero attached hydrogens (tertiary/aromatic N) is 3. The molecule has 5 nitrogen and oxygen atoms in total. The highest BCUT2D eigenvalue weighted by molar-refractivity contribution is 6.32. The maximum atomic E-state index is 13.6. The van der Waals surface area contributed by atoms with Crippen molar-refractivity contribution in [2.75, 3.05) is 6.61 Å². The van der Waals surface area contributed by atoms with Crippen LogP contribution in [0, 0.1) is 0 Å². The number of fused-ring (bicyclic) bond motifs is 1. The van der Waals surface area contributed by atoms with E-state index in [0.29, 0.717) is 6.20 Å². The molecule has 0 saturated heterocycles. The molecule has 2 heterocycles. The van der Waals surface area contributed by atoms with E-state index in [4.69, 9.17) is 11.6 Å². The molecule has 0 aliphatic heterocycles. The van der Waals surface area contributed by atoms with Gasteiger partial charge in [-0.25, -0.2) is 4.98 Å². The lowest BCUT2D eigenvalue weighted by atomic mass is 10.0. The molecule has 1 aromatic carbocycles. The number of halogens is 10. The lowest BCUT2D eigenvalue weighted by Crippen LogP contribution is -2.62. The molecular formula is C20H11ClF9N3O2. The number of rotatable bonds is 7. The van der Waals surface area contributed by atoms with Crippen molar-refractivity contribution in [1.82, 2.24) is 4.98 Å². The van der Waals surface area contributed by atoms with Gasteiger partial charge in [-0.1, -0.05) is 34.5 Å². The second-order valence-corrected chi connectivity index (χ2v) is 7.42. The minimum Gasteiger partial charge on any atom is -0.854 e. The van der Waals surface area contributed by atoms with Crippen molar-refractivity contribution < 1.29 is 54.0 Å². The van der Waals surface area contributed by atoms with Crippen molar-refractivity contribution in [1.29, 1.82) is 0 Å². The minimum absolute atomic E-state index is 0.302. The molecule has 0 bridgehead atoms. The summed E-state index contributed by atoms with van der Waals surface area (Å²) in [4.78, 5) is 3.35. The summed E-state index contributed by atoms with van der Waals surface area (Å²) < 4.78 is 122. The smallest absolute Gasteiger partial charge is 0.460 e. The molecule has 0 spiro atoms. The summed E-state index contributed by atoms with van der Waals surface area (Å²) in [5, 5.41) is 17.0. The van der Waals surface area contributed by atoms with Gasteiger partial charge in [0.2, 0.25) is 18.3 Å². The van der Waals surface area contributed by atoms with Crippen LogP contribution in [0.5, 0.6) is 5.88 Å².